The number of aliphatic hydroxyl groups excluding tert-OH is 1. The van der Waals surface area contributed by atoms with E-state index >= 15 is 0 Å². The van der Waals surface area contributed by atoms with Crippen LogP contribution in [0.3, 0.4) is 0 Å². The lowest BCUT2D eigenvalue weighted by atomic mass is 9.94. The fourth-order valence-corrected chi connectivity index (χ4v) is 5.79. The third-order valence-corrected chi connectivity index (χ3v) is 7.60. The van der Waals surface area contributed by atoms with Gasteiger partial charge in [0.25, 0.3) is 5.78 Å². The van der Waals surface area contributed by atoms with Gasteiger partial charge in [0.15, 0.2) is 5.13 Å². The van der Waals surface area contributed by atoms with E-state index in [0.29, 0.717) is 35.6 Å². The molecular formula is C28H26N2O7S. The van der Waals surface area contributed by atoms with E-state index in [1.165, 1.54) is 12.0 Å². The highest BCUT2D eigenvalue weighted by atomic mass is 32.1. The Balaban J connectivity index is 1.69. The molecule has 10 heteroatoms. The highest BCUT2D eigenvalue weighted by Gasteiger charge is 2.48. The Morgan fingerprint density at radius 1 is 1.24 bits per heavy atom. The maximum atomic E-state index is 13.5. The number of carbonyl (C=O) groups is 3. The lowest BCUT2D eigenvalue weighted by Crippen LogP contribution is -2.29. The van der Waals surface area contributed by atoms with Crippen LogP contribution in [0.2, 0.25) is 0 Å². The summed E-state index contributed by atoms with van der Waals surface area (Å²) in [5.41, 5.74) is 2.14. The number of rotatable bonds is 6. The van der Waals surface area contributed by atoms with E-state index in [4.69, 9.17) is 14.2 Å². The van der Waals surface area contributed by atoms with Gasteiger partial charge >= 0.3 is 11.9 Å². The monoisotopic (exact) mass is 534 g/mol. The highest BCUT2D eigenvalue weighted by molar-refractivity contribution is 7.17. The first-order valence-electron chi connectivity index (χ1n) is 12.1. The highest BCUT2D eigenvalue weighted by Crippen LogP contribution is 2.45. The second kappa shape index (κ2) is 9.94. The molecule has 9 nitrogen and oxygen atoms in total. The molecule has 0 saturated carbocycles. The number of nitrogens with zero attached hydrogens (tertiary/aromatic N) is 2. The van der Waals surface area contributed by atoms with E-state index in [2.05, 4.69) is 4.98 Å². The van der Waals surface area contributed by atoms with Gasteiger partial charge in [-0.3, -0.25) is 14.5 Å². The van der Waals surface area contributed by atoms with Gasteiger partial charge in [-0.2, -0.15) is 0 Å². The Kier molecular flexibility index (Phi) is 6.66. The normalized spacial score (nSPS) is 19.8. The molecule has 3 aromatic rings. The Morgan fingerprint density at radius 2 is 2.03 bits per heavy atom. The Hall–Kier alpha value is -4.18. The quantitative estimate of drug-likeness (QED) is 0.211. The molecule has 0 spiro atoms. The summed E-state index contributed by atoms with van der Waals surface area (Å²) in [4.78, 5) is 45.1. The number of amides is 1. The minimum absolute atomic E-state index is 0.00595. The number of hydrogen-bond donors (Lipinski definition) is 1. The number of esters is 1. The van der Waals surface area contributed by atoms with E-state index in [9.17, 15) is 19.5 Å². The molecule has 1 N–H and O–H groups in total. The van der Waals surface area contributed by atoms with Crippen molar-refractivity contribution >= 4 is 39.9 Å². The van der Waals surface area contributed by atoms with Crippen LogP contribution in [0.5, 0.6) is 11.5 Å². The molecule has 38 heavy (non-hydrogen) atoms. The van der Waals surface area contributed by atoms with Crippen molar-refractivity contribution in [2.75, 3.05) is 18.6 Å². The summed E-state index contributed by atoms with van der Waals surface area (Å²) in [6, 6.07) is 11.2. The zero-order valence-electron chi connectivity index (χ0n) is 21.3. The van der Waals surface area contributed by atoms with Crippen molar-refractivity contribution < 1.29 is 33.7 Å². The van der Waals surface area contributed by atoms with Crippen molar-refractivity contribution in [3.8, 4) is 11.5 Å². The fraction of sp³-hybridized carbons (Fsp3) is 0.286. The van der Waals surface area contributed by atoms with Gasteiger partial charge in [0.2, 0.25) is 0 Å². The molecule has 196 valence electrons. The number of Topliss-reactive ketones (excluding diaryl/α,β-unsaturated/α-hetero) is 1. The average molecular weight is 535 g/mol. The number of anilines is 1. The lowest BCUT2D eigenvalue weighted by Gasteiger charge is -2.23. The fourth-order valence-electron chi connectivity index (χ4n) is 4.78. The first-order valence-corrected chi connectivity index (χ1v) is 12.9. The summed E-state index contributed by atoms with van der Waals surface area (Å²) in [5.74, 6) is -1.34. The third kappa shape index (κ3) is 4.30. The smallest absolute Gasteiger partial charge is 0.350 e. The van der Waals surface area contributed by atoms with E-state index in [-0.39, 0.29) is 27.4 Å². The molecule has 1 aromatic heterocycles. The number of thiazole rings is 1. The van der Waals surface area contributed by atoms with Gasteiger partial charge in [0, 0.05) is 12.0 Å². The van der Waals surface area contributed by atoms with Crippen molar-refractivity contribution in [1.29, 1.82) is 0 Å². The largest absolute Gasteiger partial charge is 0.507 e. The van der Waals surface area contributed by atoms with Gasteiger partial charge in [-0.1, -0.05) is 23.5 Å². The van der Waals surface area contributed by atoms with Crippen LogP contribution in [0.4, 0.5) is 5.13 Å². The van der Waals surface area contributed by atoms with Gasteiger partial charge < -0.3 is 19.3 Å². The number of aryl methyl sites for hydroxylation is 1. The first kappa shape index (κ1) is 25.5. The molecule has 3 heterocycles. The van der Waals surface area contributed by atoms with Crippen molar-refractivity contribution in [3.05, 3.63) is 75.3 Å². The zero-order valence-corrected chi connectivity index (χ0v) is 22.1. The van der Waals surface area contributed by atoms with Gasteiger partial charge in [0.1, 0.15) is 28.2 Å². The summed E-state index contributed by atoms with van der Waals surface area (Å²) < 4.78 is 16.3. The molecule has 1 saturated heterocycles. The predicted octanol–water partition coefficient (Wildman–Crippen LogP) is 4.59. The van der Waals surface area contributed by atoms with Gasteiger partial charge in [-0.25, -0.2) is 9.78 Å². The average Bonchev–Trinajstić information content (AvgIpc) is 3.55. The summed E-state index contributed by atoms with van der Waals surface area (Å²) in [6.07, 6.45) is 0.672. The van der Waals surface area contributed by atoms with E-state index in [1.807, 2.05) is 13.8 Å². The van der Waals surface area contributed by atoms with E-state index in [0.717, 1.165) is 22.6 Å². The number of ketones is 1. The minimum Gasteiger partial charge on any atom is -0.507 e. The van der Waals surface area contributed by atoms with Crippen molar-refractivity contribution in [2.45, 2.75) is 39.3 Å². The van der Waals surface area contributed by atoms with Crippen LogP contribution < -0.4 is 14.4 Å². The van der Waals surface area contributed by atoms with Crippen LogP contribution >= 0.6 is 11.3 Å². The molecule has 0 bridgehead atoms. The zero-order chi connectivity index (χ0) is 27.1. The molecule has 2 atom stereocenters. The predicted molar refractivity (Wildman–Crippen MR) is 141 cm³/mol. The number of aromatic nitrogens is 1. The number of fused-ring (bicyclic) bond motifs is 1. The molecule has 2 aliphatic rings. The lowest BCUT2D eigenvalue weighted by molar-refractivity contribution is -0.132. The van der Waals surface area contributed by atoms with Crippen LogP contribution in [0.15, 0.2) is 48.0 Å². The Bertz CT molecular complexity index is 1490. The topological polar surface area (TPSA) is 115 Å². The number of aliphatic hydroxyl groups is 1. The molecule has 0 unspecified atom stereocenters. The molecule has 0 radical (unpaired) electrons. The standard InChI is InChI=1S/C28H26N2O7S/c1-5-36-19-8-6-7-16(13-19)22-21(23(31)17-9-10-20-18(12-17)11-14(2)37-20)24(32)26(33)30(22)28-29-15(3)25(38-28)27(34)35-4/h6-10,12-14,22,31H,5,11H2,1-4H3/t14-,22+/m0/s1. The maximum Gasteiger partial charge on any atom is 0.350 e. The SMILES string of the molecule is CCOc1cccc([C@@H]2C(=C(O)c3ccc4c(c3)C[C@H](C)O4)C(=O)C(=O)N2c2nc(C)c(C(=O)OC)s2)c1. The Morgan fingerprint density at radius 3 is 2.76 bits per heavy atom. The second-order valence-corrected chi connectivity index (χ2v) is 10.0. The maximum absolute atomic E-state index is 13.5. The molecule has 1 fully saturated rings. The molecular weight excluding hydrogens is 508 g/mol. The first-order chi connectivity index (χ1) is 18.2. The van der Waals surface area contributed by atoms with Crippen LogP contribution in [0.25, 0.3) is 5.76 Å². The summed E-state index contributed by atoms with van der Waals surface area (Å²) >= 11 is 0.949. The number of hydrogen-bond acceptors (Lipinski definition) is 9. The Labute approximate surface area is 223 Å². The second-order valence-electron chi connectivity index (χ2n) is 9.03. The van der Waals surface area contributed by atoms with E-state index < -0.39 is 23.7 Å². The van der Waals surface area contributed by atoms with Gasteiger partial charge in [-0.15, -0.1) is 0 Å². The van der Waals surface area contributed by atoms with Crippen LogP contribution in [0, 0.1) is 6.92 Å². The molecule has 5 rings (SSSR count). The van der Waals surface area contributed by atoms with Crippen molar-refractivity contribution in [3.63, 3.8) is 0 Å². The number of methoxy groups -OCH3 is 1. The van der Waals surface area contributed by atoms with Crippen molar-refractivity contribution in [1.82, 2.24) is 4.98 Å². The third-order valence-electron chi connectivity index (χ3n) is 6.46. The summed E-state index contributed by atoms with van der Waals surface area (Å²) in [5, 5.41) is 11.6. The number of carbonyl (C=O) groups excluding carboxylic acids is 3. The number of benzene rings is 2. The minimum atomic E-state index is -1.00. The van der Waals surface area contributed by atoms with Gasteiger partial charge in [-0.05, 0) is 62.2 Å². The summed E-state index contributed by atoms with van der Waals surface area (Å²) in [7, 11) is 1.26. The van der Waals surface area contributed by atoms with Crippen LogP contribution in [-0.4, -0.2) is 47.6 Å². The number of ether oxygens (including phenoxy) is 3. The van der Waals surface area contributed by atoms with Gasteiger partial charge in [0.05, 0.1) is 31.0 Å². The summed E-state index contributed by atoms with van der Waals surface area (Å²) in [6.45, 7) is 5.85. The molecule has 2 aliphatic heterocycles. The van der Waals surface area contributed by atoms with Crippen molar-refractivity contribution in [2.24, 2.45) is 0 Å². The van der Waals surface area contributed by atoms with E-state index in [1.54, 1.807) is 49.4 Å². The molecule has 0 aliphatic carbocycles. The molecule has 2 aromatic carbocycles. The van der Waals surface area contributed by atoms with Crippen LogP contribution in [0.1, 0.15) is 51.9 Å². The van der Waals surface area contributed by atoms with Crippen LogP contribution in [-0.2, 0) is 20.7 Å². The molecule has 1 amide bonds.